The number of rotatable bonds is 6. The van der Waals surface area contributed by atoms with Gasteiger partial charge in [-0.15, -0.1) is 0 Å². The molecule has 1 atom stereocenters. The van der Waals surface area contributed by atoms with E-state index in [0.717, 1.165) is 38.3 Å². The fraction of sp³-hybridized carbons (Fsp3) is 0.588. The number of ether oxygens (including phenoxy) is 1. The molecule has 1 heterocycles. The maximum absolute atomic E-state index is 12.5. The topological polar surface area (TPSA) is 55.6 Å². The molecule has 1 saturated heterocycles. The molecule has 4 nitrogen and oxygen atoms in total. The lowest BCUT2D eigenvalue weighted by Crippen LogP contribution is -2.37. The SMILES string of the molecule is Nc1ccc(CCC(=O)N(CC2CCOC2)C2CC2)cc1. The average Bonchev–Trinajstić information content (AvgIpc) is 3.20. The Bertz CT molecular complexity index is 476. The summed E-state index contributed by atoms with van der Waals surface area (Å²) in [6, 6.07) is 8.30. The van der Waals surface area contributed by atoms with Gasteiger partial charge in [0.2, 0.25) is 5.91 Å². The van der Waals surface area contributed by atoms with Gasteiger partial charge in [0, 0.05) is 37.2 Å². The quantitative estimate of drug-likeness (QED) is 0.817. The van der Waals surface area contributed by atoms with Gasteiger partial charge >= 0.3 is 0 Å². The van der Waals surface area contributed by atoms with Crippen LogP contribution in [0.2, 0.25) is 0 Å². The Morgan fingerprint density at radius 1 is 1.24 bits per heavy atom. The lowest BCUT2D eigenvalue weighted by Gasteiger charge is -2.25. The zero-order chi connectivity index (χ0) is 14.7. The van der Waals surface area contributed by atoms with E-state index >= 15 is 0 Å². The van der Waals surface area contributed by atoms with Crippen LogP contribution in [0.4, 0.5) is 5.69 Å². The van der Waals surface area contributed by atoms with Gasteiger partial charge in [-0.3, -0.25) is 4.79 Å². The van der Waals surface area contributed by atoms with E-state index in [-0.39, 0.29) is 0 Å². The predicted octanol–water partition coefficient (Wildman–Crippen LogP) is 2.23. The Morgan fingerprint density at radius 3 is 2.62 bits per heavy atom. The van der Waals surface area contributed by atoms with Gasteiger partial charge in [0.25, 0.3) is 0 Å². The highest BCUT2D eigenvalue weighted by molar-refractivity contribution is 5.77. The zero-order valence-corrected chi connectivity index (χ0v) is 12.5. The molecule has 3 rings (SSSR count). The number of benzene rings is 1. The van der Waals surface area contributed by atoms with Crippen molar-refractivity contribution in [1.29, 1.82) is 0 Å². The number of amides is 1. The van der Waals surface area contributed by atoms with Crippen LogP contribution in [0.5, 0.6) is 0 Å². The normalized spacial score (nSPS) is 21.4. The van der Waals surface area contributed by atoms with Crippen molar-refractivity contribution < 1.29 is 9.53 Å². The van der Waals surface area contributed by atoms with Gasteiger partial charge in [-0.25, -0.2) is 0 Å². The van der Waals surface area contributed by atoms with E-state index in [4.69, 9.17) is 10.5 Å². The Hall–Kier alpha value is -1.55. The molecule has 114 valence electrons. The highest BCUT2D eigenvalue weighted by atomic mass is 16.5. The first-order valence-corrected chi connectivity index (χ1v) is 7.94. The van der Waals surface area contributed by atoms with Crippen LogP contribution in [0, 0.1) is 5.92 Å². The second kappa shape index (κ2) is 6.48. The van der Waals surface area contributed by atoms with E-state index in [0.29, 0.717) is 24.3 Å². The molecule has 2 aliphatic rings. The molecule has 1 aromatic rings. The van der Waals surface area contributed by atoms with Crippen LogP contribution in [0.25, 0.3) is 0 Å². The molecule has 0 spiro atoms. The second-order valence-corrected chi connectivity index (χ2v) is 6.25. The number of carbonyl (C=O) groups excluding carboxylic acids is 1. The standard InChI is InChI=1S/C17H24N2O2/c18-15-4-1-13(2-5-15)3-8-17(20)19(16-6-7-16)11-14-9-10-21-12-14/h1-2,4-5,14,16H,3,6-12,18H2. The van der Waals surface area contributed by atoms with Crippen molar-refractivity contribution in [2.45, 2.75) is 38.1 Å². The number of hydrogen-bond donors (Lipinski definition) is 1. The average molecular weight is 288 g/mol. The van der Waals surface area contributed by atoms with Crippen molar-refractivity contribution in [2.75, 3.05) is 25.5 Å². The fourth-order valence-electron chi connectivity index (χ4n) is 2.93. The van der Waals surface area contributed by atoms with E-state index in [1.807, 2.05) is 24.3 Å². The van der Waals surface area contributed by atoms with Crippen LogP contribution < -0.4 is 5.73 Å². The number of aryl methyl sites for hydroxylation is 1. The first kappa shape index (κ1) is 14.4. The fourth-order valence-corrected chi connectivity index (χ4v) is 2.93. The van der Waals surface area contributed by atoms with Crippen LogP contribution in [-0.2, 0) is 16.0 Å². The molecule has 1 saturated carbocycles. The summed E-state index contributed by atoms with van der Waals surface area (Å²) in [5.41, 5.74) is 7.63. The molecule has 21 heavy (non-hydrogen) atoms. The molecule has 1 unspecified atom stereocenters. The number of nitrogen functional groups attached to an aromatic ring is 1. The largest absolute Gasteiger partial charge is 0.399 e. The Balaban J connectivity index is 1.52. The van der Waals surface area contributed by atoms with Crippen molar-refractivity contribution in [3.63, 3.8) is 0 Å². The van der Waals surface area contributed by atoms with Crippen molar-refractivity contribution in [2.24, 2.45) is 5.92 Å². The predicted molar refractivity (Wildman–Crippen MR) is 82.8 cm³/mol. The molecule has 1 aliphatic heterocycles. The van der Waals surface area contributed by atoms with E-state index in [1.54, 1.807) is 0 Å². The second-order valence-electron chi connectivity index (χ2n) is 6.25. The number of anilines is 1. The van der Waals surface area contributed by atoms with Crippen LogP contribution in [0.1, 0.15) is 31.2 Å². The summed E-state index contributed by atoms with van der Waals surface area (Å²) in [6.45, 7) is 2.54. The summed E-state index contributed by atoms with van der Waals surface area (Å²) >= 11 is 0. The summed E-state index contributed by atoms with van der Waals surface area (Å²) < 4.78 is 5.43. The molecule has 1 amide bonds. The molecule has 1 aromatic carbocycles. The van der Waals surface area contributed by atoms with Crippen LogP contribution in [0.3, 0.4) is 0 Å². The molecule has 4 heteroatoms. The lowest BCUT2D eigenvalue weighted by atomic mass is 10.1. The van der Waals surface area contributed by atoms with Gasteiger partial charge < -0.3 is 15.4 Å². The van der Waals surface area contributed by atoms with Gasteiger partial charge in [0.15, 0.2) is 0 Å². The summed E-state index contributed by atoms with van der Waals surface area (Å²) in [4.78, 5) is 14.6. The summed E-state index contributed by atoms with van der Waals surface area (Å²) in [7, 11) is 0. The Kier molecular flexibility index (Phi) is 4.44. The molecule has 0 radical (unpaired) electrons. The molecule has 0 bridgehead atoms. The number of carbonyl (C=O) groups is 1. The maximum atomic E-state index is 12.5. The third-order valence-corrected chi connectivity index (χ3v) is 4.39. The zero-order valence-electron chi connectivity index (χ0n) is 12.5. The van der Waals surface area contributed by atoms with E-state index in [1.165, 1.54) is 18.4 Å². The summed E-state index contributed by atoms with van der Waals surface area (Å²) in [5, 5.41) is 0. The van der Waals surface area contributed by atoms with Crippen LogP contribution >= 0.6 is 0 Å². The van der Waals surface area contributed by atoms with Crippen molar-refractivity contribution in [3.05, 3.63) is 29.8 Å². The molecule has 2 N–H and O–H groups in total. The highest BCUT2D eigenvalue weighted by Crippen LogP contribution is 2.29. The molecule has 2 fully saturated rings. The Morgan fingerprint density at radius 2 is 2.00 bits per heavy atom. The van der Waals surface area contributed by atoms with Crippen molar-refractivity contribution in [3.8, 4) is 0 Å². The van der Waals surface area contributed by atoms with Gasteiger partial charge in [-0.2, -0.15) is 0 Å². The third-order valence-electron chi connectivity index (χ3n) is 4.39. The first-order valence-electron chi connectivity index (χ1n) is 7.94. The van der Waals surface area contributed by atoms with Crippen LogP contribution in [-0.4, -0.2) is 36.6 Å². The first-order chi connectivity index (χ1) is 10.2. The monoisotopic (exact) mass is 288 g/mol. The summed E-state index contributed by atoms with van der Waals surface area (Å²) in [6.07, 6.45) is 4.81. The van der Waals surface area contributed by atoms with Gasteiger partial charge in [-0.05, 0) is 43.4 Å². The maximum Gasteiger partial charge on any atom is 0.223 e. The van der Waals surface area contributed by atoms with Gasteiger partial charge in [0.05, 0.1) is 6.61 Å². The molecule has 0 aromatic heterocycles. The van der Waals surface area contributed by atoms with E-state index in [9.17, 15) is 4.79 Å². The van der Waals surface area contributed by atoms with Gasteiger partial charge in [0.1, 0.15) is 0 Å². The minimum Gasteiger partial charge on any atom is -0.399 e. The number of nitrogens with zero attached hydrogens (tertiary/aromatic N) is 1. The molecular weight excluding hydrogens is 264 g/mol. The highest BCUT2D eigenvalue weighted by Gasteiger charge is 2.34. The number of hydrogen-bond acceptors (Lipinski definition) is 3. The molecule has 1 aliphatic carbocycles. The van der Waals surface area contributed by atoms with Crippen molar-refractivity contribution >= 4 is 11.6 Å². The van der Waals surface area contributed by atoms with E-state index in [2.05, 4.69) is 4.90 Å². The Labute approximate surface area is 126 Å². The smallest absolute Gasteiger partial charge is 0.223 e. The van der Waals surface area contributed by atoms with E-state index < -0.39 is 0 Å². The van der Waals surface area contributed by atoms with Crippen molar-refractivity contribution in [1.82, 2.24) is 4.90 Å². The molecular formula is C17H24N2O2. The number of nitrogens with two attached hydrogens (primary N) is 1. The van der Waals surface area contributed by atoms with Gasteiger partial charge in [-0.1, -0.05) is 12.1 Å². The minimum absolute atomic E-state index is 0.293. The lowest BCUT2D eigenvalue weighted by molar-refractivity contribution is -0.132. The minimum atomic E-state index is 0.293. The third kappa shape index (κ3) is 3.97. The van der Waals surface area contributed by atoms with Crippen LogP contribution in [0.15, 0.2) is 24.3 Å². The summed E-state index contributed by atoms with van der Waals surface area (Å²) in [5.74, 6) is 0.826.